The number of aromatic nitrogens is 1. The van der Waals surface area contributed by atoms with Crippen LogP contribution in [-0.2, 0) is 16.6 Å². The SMILES string of the molecule is CC(C)CCn1c(=O)c(C2=NS(=O)(=O)c3cc(O)ccc3N2)c(O)c2ccccc21. The van der Waals surface area contributed by atoms with Gasteiger partial charge >= 0.3 is 0 Å². The Hall–Kier alpha value is -3.33. The molecule has 2 heterocycles. The van der Waals surface area contributed by atoms with Crippen LogP contribution in [0.4, 0.5) is 5.69 Å². The molecule has 0 saturated carbocycles. The van der Waals surface area contributed by atoms with E-state index in [0.29, 0.717) is 23.4 Å². The smallest absolute Gasteiger partial charge is 0.286 e. The third-order valence-electron chi connectivity index (χ3n) is 5.02. The number of pyridine rings is 1. The van der Waals surface area contributed by atoms with Gasteiger partial charge < -0.3 is 20.1 Å². The quantitative estimate of drug-likeness (QED) is 0.551. The van der Waals surface area contributed by atoms with Gasteiger partial charge in [-0.1, -0.05) is 26.0 Å². The normalized spacial score (nSPS) is 15.0. The molecule has 0 spiro atoms. The molecule has 1 aromatic heterocycles. The highest BCUT2D eigenvalue weighted by atomic mass is 32.2. The molecule has 0 unspecified atom stereocenters. The van der Waals surface area contributed by atoms with Gasteiger partial charge in [0.15, 0.2) is 5.84 Å². The molecule has 1 aliphatic heterocycles. The van der Waals surface area contributed by atoms with E-state index in [1.165, 1.54) is 16.7 Å². The third-order valence-corrected chi connectivity index (χ3v) is 6.34. The van der Waals surface area contributed by atoms with Crippen molar-refractivity contribution in [2.24, 2.45) is 10.3 Å². The van der Waals surface area contributed by atoms with Gasteiger partial charge in [0.2, 0.25) is 0 Å². The molecule has 0 bridgehead atoms. The molecular formula is C21H21N3O5S. The van der Waals surface area contributed by atoms with Gasteiger partial charge in [0.05, 0.1) is 11.2 Å². The number of rotatable bonds is 4. The van der Waals surface area contributed by atoms with Crippen molar-refractivity contribution in [3.05, 3.63) is 58.4 Å². The van der Waals surface area contributed by atoms with Crippen LogP contribution in [-0.4, -0.2) is 29.0 Å². The fourth-order valence-corrected chi connectivity index (χ4v) is 4.61. The molecule has 0 atom stereocenters. The Labute approximate surface area is 173 Å². The summed E-state index contributed by atoms with van der Waals surface area (Å²) in [5.74, 6) is -0.458. The van der Waals surface area contributed by atoms with Gasteiger partial charge in [-0.2, -0.15) is 8.42 Å². The summed E-state index contributed by atoms with van der Waals surface area (Å²) < 4.78 is 30.6. The molecule has 9 heteroatoms. The molecule has 0 saturated heterocycles. The minimum atomic E-state index is -4.18. The molecule has 156 valence electrons. The fraction of sp³-hybridized carbons (Fsp3) is 0.238. The van der Waals surface area contributed by atoms with Crippen LogP contribution in [0.1, 0.15) is 25.8 Å². The molecule has 3 N–H and O–H groups in total. The number of phenols is 1. The highest BCUT2D eigenvalue weighted by molar-refractivity contribution is 7.90. The first kappa shape index (κ1) is 20.0. The number of aryl methyl sites for hydroxylation is 1. The number of para-hydroxylation sites is 1. The van der Waals surface area contributed by atoms with Crippen LogP contribution in [0.2, 0.25) is 0 Å². The van der Waals surface area contributed by atoms with Gasteiger partial charge in [-0.15, -0.1) is 4.40 Å². The molecule has 2 aromatic carbocycles. The summed E-state index contributed by atoms with van der Waals surface area (Å²) in [7, 11) is -4.18. The average Bonchev–Trinajstić information content (AvgIpc) is 2.68. The number of sulfonamides is 1. The van der Waals surface area contributed by atoms with Crippen molar-refractivity contribution in [1.82, 2.24) is 4.57 Å². The lowest BCUT2D eigenvalue weighted by atomic mass is 10.1. The Morgan fingerprint density at radius 1 is 1.13 bits per heavy atom. The van der Waals surface area contributed by atoms with Gasteiger partial charge in [0.25, 0.3) is 15.6 Å². The van der Waals surface area contributed by atoms with E-state index >= 15 is 0 Å². The second-order valence-electron chi connectivity index (χ2n) is 7.60. The Bertz CT molecular complexity index is 1360. The van der Waals surface area contributed by atoms with Gasteiger partial charge in [-0.05, 0) is 36.6 Å². The minimum absolute atomic E-state index is 0.165. The van der Waals surface area contributed by atoms with Crippen molar-refractivity contribution >= 4 is 32.4 Å². The number of hydrogen-bond acceptors (Lipinski definition) is 6. The molecule has 1 aliphatic rings. The number of aromatic hydroxyl groups is 2. The number of fused-ring (bicyclic) bond motifs is 2. The predicted octanol–water partition coefficient (Wildman–Crippen LogP) is 3.02. The molecule has 0 radical (unpaired) electrons. The molecule has 4 rings (SSSR count). The number of benzene rings is 2. The summed E-state index contributed by atoms with van der Waals surface area (Å²) in [6, 6.07) is 10.7. The molecule has 8 nitrogen and oxygen atoms in total. The van der Waals surface area contributed by atoms with Crippen molar-refractivity contribution in [1.29, 1.82) is 0 Å². The summed E-state index contributed by atoms with van der Waals surface area (Å²) in [4.78, 5) is 13.1. The van der Waals surface area contributed by atoms with Gasteiger partial charge in [-0.25, -0.2) is 0 Å². The maximum absolute atomic E-state index is 13.3. The number of nitrogens with zero attached hydrogens (tertiary/aromatic N) is 2. The van der Waals surface area contributed by atoms with E-state index in [1.807, 2.05) is 13.8 Å². The van der Waals surface area contributed by atoms with Crippen LogP contribution in [0, 0.1) is 5.92 Å². The lowest BCUT2D eigenvalue weighted by Crippen LogP contribution is -2.33. The van der Waals surface area contributed by atoms with E-state index in [1.54, 1.807) is 24.3 Å². The van der Waals surface area contributed by atoms with Crippen LogP contribution in [0.5, 0.6) is 11.5 Å². The minimum Gasteiger partial charge on any atom is -0.508 e. The molecule has 0 fully saturated rings. The Morgan fingerprint density at radius 2 is 1.87 bits per heavy atom. The number of nitrogens with one attached hydrogen (secondary N) is 1. The van der Waals surface area contributed by atoms with Crippen LogP contribution < -0.4 is 10.9 Å². The summed E-state index contributed by atoms with van der Waals surface area (Å²) in [5.41, 5.74) is -0.0113. The summed E-state index contributed by atoms with van der Waals surface area (Å²) in [6.45, 7) is 4.50. The first-order valence-corrected chi connectivity index (χ1v) is 10.9. The molecule has 3 aromatic rings. The van der Waals surface area contributed by atoms with Crippen LogP contribution in [0.15, 0.2) is 56.6 Å². The number of amidine groups is 1. The lowest BCUT2D eigenvalue weighted by Gasteiger charge is -2.21. The Kier molecular flexibility index (Phi) is 4.77. The molecular weight excluding hydrogens is 406 g/mol. The first-order chi connectivity index (χ1) is 14.2. The van der Waals surface area contributed by atoms with E-state index in [0.717, 1.165) is 12.5 Å². The first-order valence-electron chi connectivity index (χ1n) is 9.49. The molecule has 30 heavy (non-hydrogen) atoms. The summed E-state index contributed by atoms with van der Waals surface area (Å²) in [6.07, 6.45) is 0.731. The maximum atomic E-state index is 13.3. The Morgan fingerprint density at radius 3 is 2.60 bits per heavy atom. The van der Waals surface area contributed by atoms with Crippen LogP contribution in [0.3, 0.4) is 0 Å². The second-order valence-corrected chi connectivity index (χ2v) is 9.17. The van der Waals surface area contributed by atoms with Crippen molar-refractivity contribution < 1.29 is 18.6 Å². The zero-order valence-electron chi connectivity index (χ0n) is 16.5. The zero-order valence-corrected chi connectivity index (χ0v) is 17.3. The van der Waals surface area contributed by atoms with Crippen LogP contribution in [0.25, 0.3) is 10.9 Å². The van der Waals surface area contributed by atoms with Crippen molar-refractivity contribution in [2.75, 3.05) is 5.32 Å². The van der Waals surface area contributed by atoms with Crippen molar-refractivity contribution in [3.63, 3.8) is 0 Å². The van der Waals surface area contributed by atoms with E-state index in [-0.39, 0.29) is 33.5 Å². The topological polar surface area (TPSA) is 121 Å². The van der Waals surface area contributed by atoms with Crippen molar-refractivity contribution in [2.45, 2.75) is 31.7 Å². The Balaban J connectivity index is 1.97. The van der Waals surface area contributed by atoms with Gasteiger partial charge in [0.1, 0.15) is 22.0 Å². The van der Waals surface area contributed by atoms with Crippen molar-refractivity contribution in [3.8, 4) is 11.5 Å². The standard InChI is InChI=1S/C21H21N3O5S/c1-12(2)9-10-24-16-6-4-3-5-14(16)19(26)18(21(24)27)20-22-15-8-7-13(25)11-17(15)30(28,29)23-20/h3-8,11-12,25-26H,9-10H2,1-2H3,(H,22,23). The number of phenolic OH excluding ortho intramolecular Hbond substituents is 1. The van der Waals surface area contributed by atoms with Gasteiger partial charge in [0, 0.05) is 18.0 Å². The molecule has 0 amide bonds. The number of hydrogen-bond donors (Lipinski definition) is 3. The maximum Gasteiger partial charge on any atom is 0.286 e. The summed E-state index contributed by atoms with van der Waals surface area (Å²) >= 11 is 0. The number of anilines is 1. The monoisotopic (exact) mass is 427 g/mol. The van der Waals surface area contributed by atoms with E-state index in [4.69, 9.17) is 0 Å². The van der Waals surface area contributed by atoms with E-state index < -0.39 is 15.6 Å². The fourth-order valence-electron chi connectivity index (χ4n) is 3.47. The largest absolute Gasteiger partial charge is 0.508 e. The van der Waals surface area contributed by atoms with Crippen LogP contribution >= 0.6 is 0 Å². The van der Waals surface area contributed by atoms with E-state index in [9.17, 15) is 23.4 Å². The van der Waals surface area contributed by atoms with E-state index in [2.05, 4.69) is 9.71 Å². The predicted molar refractivity (Wildman–Crippen MR) is 115 cm³/mol. The molecule has 0 aliphatic carbocycles. The summed E-state index contributed by atoms with van der Waals surface area (Å²) in [5, 5.41) is 23.7. The van der Waals surface area contributed by atoms with Gasteiger partial charge in [-0.3, -0.25) is 4.79 Å². The highest BCUT2D eigenvalue weighted by Crippen LogP contribution is 2.34. The zero-order chi connectivity index (χ0) is 21.6. The third kappa shape index (κ3) is 3.30. The highest BCUT2D eigenvalue weighted by Gasteiger charge is 2.30. The lowest BCUT2D eigenvalue weighted by molar-refractivity contribution is 0.472. The average molecular weight is 427 g/mol. The second kappa shape index (κ2) is 7.17.